The van der Waals surface area contributed by atoms with Gasteiger partial charge in [-0.25, -0.2) is 4.79 Å². The van der Waals surface area contributed by atoms with E-state index in [9.17, 15) is 39.0 Å². The SMILES string of the molecule is NC(CO)C(=O)NC(CC(=O)O)C(=O)NC(Cc1c[nH]c2ccccc12)C(=O)NC(CCC(=O)O)C(=O)O. The van der Waals surface area contributed by atoms with Gasteiger partial charge in [0.05, 0.1) is 13.0 Å². The average Bonchev–Trinajstić information content (AvgIpc) is 3.27. The summed E-state index contributed by atoms with van der Waals surface area (Å²) < 4.78 is 0. The highest BCUT2D eigenvalue weighted by Crippen LogP contribution is 2.19. The molecule has 0 saturated carbocycles. The zero-order valence-corrected chi connectivity index (χ0v) is 20.0. The summed E-state index contributed by atoms with van der Waals surface area (Å²) in [6, 6.07) is 0.864. The number of H-pyrrole nitrogens is 1. The number of amides is 3. The monoisotopic (exact) mass is 535 g/mol. The number of hydrogen-bond donors (Lipinski definition) is 9. The molecule has 10 N–H and O–H groups in total. The molecule has 0 radical (unpaired) electrons. The van der Waals surface area contributed by atoms with Gasteiger partial charge in [-0.15, -0.1) is 0 Å². The summed E-state index contributed by atoms with van der Waals surface area (Å²) in [5.41, 5.74) is 6.68. The molecule has 0 aliphatic heterocycles. The first kappa shape index (κ1) is 29.7. The third kappa shape index (κ3) is 8.56. The Morgan fingerprint density at radius 3 is 2.05 bits per heavy atom. The van der Waals surface area contributed by atoms with Crippen LogP contribution in [-0.2, 0) is 35.2 Å². The molecule has 0 aliphatic rings. The summed E-state index contributed by atoms with van der Waals surface area (Å²) in [5, 5.41) is 43.9. The van der Waals surface area contributed by atoms with Crippen LogP contribution in [0.25, 0.3) is 10.9 Å². The number of carbonyl (C=O) groups is 6. The molecular weight excluding hydrogens is 506 g/mol. The molecule has 1 aromatic carbocycles. The highest BCUT2D eigenvalue weighted by molar-refractivity contribution is 5.96. The molecule has 0 fully saturated rings. The van der Waals surface area contributed by atoms with Crippen molar-refractivity contribution in [1.29, 1.82) is 0 Å². The van der Waals surface area contributed by atoms with Gasteiger partial charge in [0.2, 0.25) is 17.7 Å². The number of hydrogen-bond acceptors (Lipinski definition) is 8. The smallest absolute Gasteiger partial charge is 0.326 e. The largest absolute Gasteiger partial charge is 0.481 e. The van der Waals surface area contributed by atoms with Crippen LogP contribution in [0.2, 0.25) is 0 Å². The molecule has 1 heterocycles. The molecule has 38 heavy (non-hydrogen) atoms. The average molecular weight is 536 g/mol. The predicted molar refractivity (Wildman–Crippen MR) is 130 cm³/mol. The van der Waals surface area contributed by atoms with Crippen molar-refractivity contribution in [3.05, 3.63) is 36.0 Å². The summed E-state index contributed by atoms with van der Waals surface area (Å²) in [4.78, 5) is 74.9. The van der Waals surface area contributed by atoms with Gasteiger partial charge in [0.1, 0.15) is 24.2 Å². The van der Waals surface area contributed by atoms with Crippen LogP contribution in [0.15, 0.2) is 30.5 Å². The number of nitrogens with one attached hydrogen (secondary N) is 4. The molecule has 0 aliphatic carbocycles. The molecule has 2 aromatic rings. The van der Waals surface area contributed by atoms with Gasteiger partial charge in [-0.1, -0.05) is 18.2 Å². The number of fused-ring (bicyclic) bond motifs is 1. The Morgan fingerprint density at radius 1 is 0.842 bits per heavy atom. The summed E-state index contributed by atoms with van der Waals surface area (Å²) in [6.07, 6.45) is -0.452. The lowest BCUT2D eigenvalue weighted by atomic mass is 10.0. The standard InChI is InChI=1S/C23H29N5O10/c24-13(10-29)20(34)27-17(8-19(32)33)22(36)28-16(7-11-9-25-14-4-2-1-3-12(11)14)21(35)26-15(23(37)38)5-6-18(30)31/h1-4,9,13,15-17,25,29H,5-8,10,24H2,(H,26,35)(H,27,34)(H,28,36)(H,30,31)(H,32,33)(H,37,38). The van der Waals surface area contributed by atoms with Crippen LogP contribution < -0.4 is 21.7 Å². The van der Waals surface area contributed by atoms with Crippen molar-refractivity contribution in [1.82, 2.24) is 20.9 Å². The Balaban J connectivity index is 2.33. The number of nitrogens with two attached hydrogens (primary N) is 1. The lowest BCUT2D eigenvalue weighted by molar-refractivity contribution is -0.144. The van der Waals surface area contributed by atoms with Crippen molar-refractivity contribution in [3.63, 3.8) is 0 Å². The Labute approximate surface area is 215 Å². The minimum atomic E-state index is -1.68. The highest BCUT2D eigenvalue weighted by Gasteiger charge is 2.32. The quantitative estimate of drug-likeness (QED) is 0.119. The summed E-state index contributed by atoms with van der Waals surface area (Å²) >= 11 is 0. The van der Waals surface area contributed by atoms with Crippen LogP contribution >= 0.6 is 0 Å². The Morgan fingerprint density at radius 2 is 1.45 bits per heavy atom. The molecular formula is C23H29N5O10. The number of carbonyl (C=O) groups excluding carboxylic acids is 3. The van der Waals surface area contributed by atoms with Crippen molar-refractivity contribution in [3.8, 4) is 0 Å². The number of rotatable bonds is 15. The number of aliphatic hydroxyl groups is 1. The van der Waals surface area contributed by atoms with Crippen LogP contribution in [0.1, 0.15) is 24.8 Å². The van der Waals surface area contributed by atoms with Gasteiger partial charge in [0.25, 0.3) is 0 Å². The van der Waals surface area contributed by atoms with E-state index < -0.39 is 85.7 Å². The normalized spacial score (nSPS) is 14.1. The second-order valence-electron chi connectivity index (χ2n) is 8.40. The van der Waals surface area contributed by atoms with Gasteiger partial charge < -0.3 is 47.1 Å². The molecule has 0 bridgehead atoms. The van der Waals surface area contributed by atoms with E-state index in [4.69, 9.17) is 15.9 Å². The van der Waals surface area contributed by atoms with Crippen LogP contribution in [0.3, 0.4) is 0 Å². The van der Waals surface area contributed by atoms with E-state index in [0.29, 0.717) is 16.5 Å². The molecule has 15 heteroatoms. The zero-order valence-electron chi connectivity index (χ0n) is 20.0. The third-order valence-corrected chi connectivity index (χ3v) is 5.54. The first-order chi connectivity index (χ1) is 17.9. The second kappa shape index (κ2) is 13.7. The number of para-hydroxylation sites is 1. The molecule has 15 nitrogen and oxygen atoms in total. The van der Waals surface area contributed by atoms with Crippen LogP contribution in [0, 0.1) is 0 Å². The fourth-order valence-electron chi connectivity index (χ4n) is 3.55. The van der Waals surface area contributed by atoms with Crippen LogP contribution in [-0.4, -0.2) is 91.8 Å². The lowest BCUT2D eigenvalue weighted by Crippen LogP contribution is -2.58. The Kier molecular flexibility index (Phi) is 10.7. The maximum atomic E-state index is 13.1. The van der Waals surface area contributed by atoms with E-state index in [2.05, 4.69) is 20.9 Å². The number of benzene rings is 1. The number of aromatic amines is 1. The van der Waals surface area contributed by atoms with E-state index in [1.54, 1.807) is 30.5 Å². The van der Waals surface area contributed by atoms with Crippen molar-refractivity contribution in [2.75, 3.05) is 6.61 Å². The van der Waals surface area contributed by atoms with Gasteiger partial charge in [0, 0.05) is 29.9 Å². The molecule has 3 amide bonds. The molecule has 1 aromatic heterocycles. The summed E-state index contributed by atoms with van der Waals surface area (Å²) in [5.74, 6) is -7.29. The van der Waals surface area contributed by atoms with E-state index in [-0.39, 0.29) is 6.42 Å². The molecule has 206 valence electrons. The van der Waals surface area contributed by atoms with E-state index in [0.717, 1.165) is 0 Å². The van der Waals surface area contributed by atoms with Gasteiger partial charge >= 0.3 is 17.9 Å². The fraction of sp³-hybridized carbons (Fsp3) is 0.391. The highest BCUT2D eigenvalue weighted by atomic mass is 16.4. The maximum absolute atomic E-state index is 13.1. The second-order valence-corrected chi connectivity index (χ2v) is 8.40. The van der Waals surface area contributed by atoms with Crippen molar-refractivity contribution in [2.45, 2.75) is 49.9 Å². The predicted octanol–water partition coefficient (Wildman–Crippen LogP) is -2.09. The first-order valence-corrected chi connectivity index (χ1v) is 11.4. The first-order valence-electron chi connectivity index (χ1n) is 11.4. The minimum Gasteiger partial charge on any atom is -0.481 e. The number of carboxylic acid groups (broad SMARTS) is 3. The Hall–Kier alpha value is -4.50. The summed E-state index contributed by atoms with van der Waals surface area (Å²) in [7, 11) is 0. The number of carboxylic acids is 3. The molecule has 4 atom stereocenters. The number of aliphatic carboxylic acids is 3. The lowest BCUT2D eigenvalue weighted by Gasteiger charge is -2.24. The minimum absolute atomic E-state index is 0.170. The van der Waals surface area contributed by atoms with Crippen LogP contribution in [0.5, 0.6) is 0 Å². The van der Waals surface area contributed by atoms with Gasteiger partial charge in [-0.05, 0) is 18.1 Å². The van der Waals surface area contributed by atoms with Crippen molar-refractivity contribution >= 4 is 46.5 Å². The maximum Gasteiger partial charge on any atom is 0.326 e. The van der Waals surface area contributed by atoms with Gasteiger partial charge in [-0.3, -0.25) is 24.0 Å². The fourth-order valence-corrected chi connectivity index (χ4v) is 3.55. The molecule has 0 saturated heterocycles. The topological polar surface area (TPSA) is 261 Å². The van der Waals surface area contributed by atoms with E-state index >= 15 is 0 Å². The van der Waals surface area contributed by atoms with Gasteiger partial charge in [0.15, 0.2) is 0 Å². The number of aliphatic hydroxyl groups excluding tert-OH is 1. The Bertz CT molecular complexity index is 1200. The van der Waals surface area contributed by atoms with Gasteiger partial charge in [-0.2, -0.15) is 0 Å². The number of aromatic nitrogens is 1. The van der Waals surface area contributed by atoms with Crippen LogP contribution in [0.4, 0.5) is 0 Å². The van der Waals surface area contributed by atoms with E-state index in [1.165, 1.54) is 0 Å². The molecule has 4 unspecified atom stereocenters. The zero-order chi connectivity index (χ0) is 28.4. The van der Waals surface area contributed by atoms with Crippen molar-refractivity contribution < 1.29 is 49.2 Å². The summed E-state index contributed by atoms with van der Waals surface area (Å²) in [6.45, 7) is -0.772. The molecule has 0 spiro atoms. The van der Waals surface area contributed by atoms with E-state index in [1.807, 2.05) is 0 Å². The molecule has 2 rings (SSSR count). The van der Waals surface area contributed by atoms with Crippen molar-refractivity contribution in [2.24, 2.45) is 5.73 Å². The third-order valence-electron chi connectivity index (χ3n) is 5.54.